The van der Waals surface area contributed by atoms with Crippen LogP contribution in [-0.4, -0.2) is 11.0 Å². The quantitative estimate of drug-likeness (QED) is 0.886. The topological polar surface area (TPSA) is 34.1 Å². The van der Waals surface area contributed by atoms with Gasteiger partial charge in [-0.05, 0) is 24.6 Å². The molecule has 0 fully saturated rings. The third-order valence-electron chi connectivity index (χ3n) is 2.80. The van der Waals surface area contributed by atoms with Crippen LogP contribution in [0, 0.1) is 6.92 Å². The SMILES string of the molecule is Cc1ccccc1Oc1ccnc(CNC(C)C)c1. The molecular formula is C16H20N2O. The Balaban J connectivity index is 2.09. The molecule has 2 rings (SSSR count). The van der Waals surface area contributed by atoms with Gasteiger partial charge in [0.1, 0.15) is 11.5 Å². The molecule has 3 heteroatoms. The molecule has 0 spiro atoms. The van der Waals surface area contributed by atoms with E-state index in [2.05, 4.69) is 24.1 Å². The molecule has 1 aromatic carbocycles. The maximum Gasteiger partial charge on any atom is 0.130 e. The van der Waals surface area contributed by atoms with Crippen LogP contribution in [0.1, 0.15) is 25.1 Å². The molecule has 0 saturated carbocycles. The number of benzene rings is 1. The van der Waals surface area contributed by atoms with Crippen molar-refractivity contribution >= 4 is 0 Å². The molecule has 1 aromatic heterocycles. The zero-order valence-corrected chi connectivity index (χ0v) is 11.7. The van der Waals surface area contributed by atoms with Crippen LogP contribution in [0.4, 0.5) is 0 Å². The second-order valence-corrected chi connectivity index (χ2v) is 4.89. The molecule has 1 N–H and O–H groups in total. The molecular weight excluding hydrogens is 236 g/mol. The summed E-state index contributed by atoms with van der Waals surface area (Å²) in [5, 5.41) is 3.35. The van der Waals surface area contributed by atoms with Gasteiger partial charge in [0.15, 0.2) is 0 Å². The number of para-hydroxylation sites is 1. The van der Waals surface area contributed by atoms with Crippen LogP contribution >= 0.6 is 0 Å². The van der Waals surface area contributed by atoms with E-state index in [-0.39, 0.29) is 0 Å². The summed E-state index contributed by atoms with van der Waals surface area (Å²) in [6, 6.07) is 12.3. The van der Waals surface area contributed by atoms with Crippen molar-refractivity contribution in [3.63, 3.8) is 0 Å². The normalized spacial score (nSPS) is 10.7. The smallest absolute Gasteiger partial charge is 0.130 e. The van der Waals surface area contributed by atoms with Crippen LogP contribution in [0.3, 0.4) is 0 Å². The molecule has 3 nitrogen and oxygen atoms in total. The van der Waals surface area contributed by atoms with E-state index in [0.29, 0.717) is 6.04 Å². The monoisotopic (exact) mass is 256 g/mol. The first-order valence-corrected chi connectivity index (χ1v) is 6.57. The van der Waals surface area contributed by atoms with Crippen LogP contribution in [-0.2, 0) is 6.54 Å². The molecule has 1 heterocycles. The van der Waals surface area contributed by atoms with Crippen molar-refractivity contribution in [1.29, 1.82) is 0 Å². The fourth-order valence-corrected chi connectivity index (χ4v) is 1.72. The second kappa shape index (κ2) is 6.34. The Labute approximate surface area is 114 Å². The number of nitrogens with zero attached hydrogens (tertiary/aromatic N) is 1. The molecule has 0 aliphatic rings. The van der Waals surface area contributed by atoms with Gasteiger partial charge in [-0.1, -0.05) is 32.0 Å². The highest BCUT2D eigenvalue weighted by atomic mass is 16.5. The van der Waals surface area contributed by atoms with Gasteiger partial charge in [0.25, 0.3) is 0 Å². The highest BCUT2D eigenvalue weighted by molar-refractivity contribution is 5.36. The Bertz CT molecular complexity index is 538. The Kier molecular flexibility index (Phi) is 4.53. The molecule has 0 unspecified atom stereocenters. The van der Waals surface area contributed by atoms with E-state index in [4.69, 9.17) is 4.74 Å². The summed E-state index contributed by atoms with van der Waals surface area (Å²) in [5.74, 6) is 1.71. The number of aryl methyl sites for hydroxylation is 1. The van der Waals surface area contributed by atoms with E-state index in [9.17, 15) is 0 Å². The minimum Gasteiger partial charge on any atom is -0.457 e. The van der Waals surface area contributed by atoms with Crippen LogP contribution in [0.5, 0.6) is 11.5 Å². The van der Waals surface area contributed by atoms with Crippen LogP contribution in [0.2, 0.25) is 0 Å². The van der Waals surface area contributed by atoms with Crippen LogP contribution in [0.25, 0.3) is 0 Å². The van der Waals surface area contributed by atoms with Gasteiger partial charge < -0.3 is 10.1 Å². The molecule has 2 aromatic rings. The minimum atomic E-state index is 0.447. The van der Waals surface area contributed by atoms with Crippen molar-refractivity contribution in [3.8, 4) is 11.5 Å². The van der Waals surface area contributed by atoms with Crippen molar-refractivity contribution < 1.29 is 4.74 Å². The average molecular weight is 256 g/mol. The molecule has 0 aliphatic heterocycles. The predicted molar refractivity (Wildman–Crippen MR) is 77.5 cm³/mol. The zero-order chi connectivity index (χ0) is 13.7. The van der Waals surface area contributed by atoms with E-state index >= 15 is 0 Å². The highest BCUT2D eigenvalue weighted by Gasteiger charge is 2.03. The first kappa shape index (κ1) is 13.6. The fraction of sp³-hybridized carbons (Fsp3) is 0.312. The zero-order valence-electron chi connectivity index (χ0n) is 11.7. The van der Waals surface area contributed by atoms with Gasteiger partial charge in [0.05, 0.1) is 5.69 Å². The van der Waals surface area contributed by atoms with E-state index < -0.39 is 0 Å². The lowest BCUT2D eigenvalue weighted by Gasteiger charge is -2.10. The highest BCUT2D eigenvalue weighted by Crippen LogP contribution is 2.24. The maximum absolute atomic E-state index is 5.89. The molecule has 0 saturated heterocycles. The number of nitrogens with one attached hydrogen (secondary N) is 1. The number of ether oxygens (including phenoxy) is 1. The van der Waals surface area contributed by atoms with Gasteiger partial charge >= 0.3 is 0 Å². The fourth-order valence-electron chi connectivity index (χ4n) is 1.72. The van der Waals surface area contributed by atoms with Crippen molar-refractivity contribution in [2.45, 2.75) is 33.4 Å². The lowest BCUT2D eigenvalue weighted by molar-refractivity contribution is 0.476. The number of pyridine rings is 1. The Morgan fingerprint density at radius 3 is 2.74 bits per heavy atom. The van der Waals surface area contributed by atoms with Crippen molar-refractivity contribution in [2.75, 3.05) is 0 Å². The van der Waals surface area contributed by atoms with Crippen LogP contribution < -0.4 is 10.1 Å². The van der Waals surface area contributed by atoms with Crippen molar-refractivity contribution in [1.82, 2.24) is 10.3 Å². The van der Waals surface area contributed by atoms with Gasteiger partial charge in [-0.3, -0.25) is 4.98 Å². The first-order valence-electron chi connectivity index (χ1n) is 6.57. The number of hydrogen-bond donors (Lipinski definition) is 1. The molecule has 0 amide bonds. The lowest BCUT2D eigenvalue weighted by atomic mass is 10.2. The Hall–Kier alpha value is -1.87. The number of rotatable bonds is 5. The molecule has 0 radical (unpaired) electrons. The summed E-state index contributed by atoms with van der Waals surface area (Å²) in [6.45, 7) is 7.03. The Morgan fingerprint density at radius 2 is 2.00 bits per heavy atom. The summed E-state index contributed by atoms with van der Waals surface area (Å²) < 4.78 is 5.89. The van der Waals surface area contributed by atoms with Gasteiger partial charge in [-0.15, -0.1) is 0 Å². The van der Waals surface area contributed by atoms with Crippen LogP contribution in [0.15, 0.2) is 42.6 Å². The summed E-state index contributed by atoms with van der Waals surface area (Å²) >= 11 is 0. The Morgan fingerprint density at radius 1 is 1.21 bits per heavy atom. The van der Waals surface area contributed by atoms with Crippen molar-refractivity contribution in [2.24, 2.45) is 0 Å². The first-order chi connectivity index (χ1) is 9.15. The largest absolute Gasteiger partial charge is 0.457 e. The second-order valence-electron chi connectivity index (χ2n) is 4.89. The minimum absolute atomic E-state index is 0.447. The summed E-state index contributed by atoms with van der Waals surface area (Å²) in [6.07, 6.45) is 1.78. The molecule has 0 atom stereocenters. The third-order valence-corrected chi connectivity index (χ3v) is 2.80. The van der Waals surface area contributed by atoms with E-state index in [1.54, 1.807) is 6.20 Å². The molecule has 19 heavy (non-hydrogen) atoms. The van der Waals surface area contributed by atoms with E-state index in [0.717, 1.165) is 29.3 Å². The summed E-state index contributed by atoms with van der Waals surface area (Å²) in [4.78, 5) is 4.33. The van der Waals surface area contributed by atoms with Gasteiger partial charge in [0.2, 0.25) is 0 Å². The number of hydrogen-bond acceptors (Lipinski definition) is 3. The predicted octanol–water partition coefficient (Wildman–Crippen LogP) is 3.68. The molecule has 0 bridgehead atoms. The average Bonchev–Trinajstić information content (AvgIpc) is 2.40. The summed E-state index contributed by atoms with van der Waals surface area (Å²) in [7, 11) is 0. The lowest BCUT2D eigenvalue weighted by Crippen LogP contribution is -2.22. The van der Waals surface area contributed by atoms with Gasteiger partial charge in [0, 0.05) is 24.8 Å². The summed E-state index contributed by atoms with van der Waals surface area (Å²) in [5.41, 5.74) is 2.11. The maximum atomic E-state index is 5.89. The van der Waals surface area contributed by atoms with Gasteiger partial charge in [-0.2, -0.15) is 0 Å². The van der Waals surface area contributed by atoms with Gasteiger partial charge in [-0.25, -0.2) is 0 Å². The third kappa shape index (κ3) is 4.07. The van der Waals surface area contributed by atoms with E-state index in [1.165, 1.54) is 0 Å². The standard InChI is InChI=1S/C16H20N2O/c1-12(2)18-11-14-10-15(8-9-17-14)19-16-7-5-4-6-13(16)3/h4-10,12,18H,11H2,1-3H3. The number of aromatic nitrogens is 1. The molecule has 100 valence electrons. The molecule has 0 aliphatic carbocycles. The van der Waals surface area contributed by atoms with Crippen molar-refractivity contribution in [3.05, 3.63) is 53.9 Å². The van der Waals surface area contributed by atoms with E-state index in [1.807, 2.05) is 43.3 Å².